The lowest BCUT2D eigenvalue weighted by atomic mass is 9.99. The summed E-state index contributed by atoms with van der Waals surface area (Å²) in [6, 6.07) is 9.39. The first kappa shape index (κ1) is 14.6. The number of Topliss-reactive ketones (excluding diaryl/α,β-unsaturated/α-hetero) is 1. The van der Waals surface area contributed by atoms with Crippen molar-refractivity contribution < 1.29 is 9.53 Å². The van der Waals surface area contributed by atoms with E-state index in [2.05, 4.69) is 15.9 Å². The van der Waals surface area contributed by atoms with Crippen molar-refractivity contribution in [2.75, 3.05) is 6.61 Å². The number of rotatable bonds is 3. The molecular weight excluding hydrogens is 352 g/mol. The summed E-state index contributed by atoms with van der Waals surface area (Å²) >= 11 is 9.58. The third-order valence-electron chi connectivity index (χ3n) is 3.66. The van der Waals surface area contributed by atoms with Crippen molar-refractivity contribution in [2.24, 2.45) is 0 Å². The molecule has 1 aliphatic rings. The monoisotopic (exact) mass is 364 g/mol. The molecule has 1 aliphatic heterocycles. The zero-order valence-electron chi connectivity index (χ0n) is 11.6. The van der Waals surface area contributed by atoms with Crippen molar-refractivity contribution in [3.8, 4) is 5.75 Å². The van der Waals surface area contributed by atoms with Gasteiger partial charge in [0.25, 0.3) is 0 Å². The summed E-state index contributed by atoms with van der Waals surface area (Å²) in [5.74, 6) is 0.909. The highest BCUT2D eigenvalue weighted by molar-refractivity contribution is 9.10. The SMILES string of the molecule is Cc1cc(C(=O)Cc2cc(Cl)cc3c2OCC3)ccc1Br. The predicted molar refractivity (Wildman–Crippen MR) is 87.6 cm³/mol. The molecular formula is C17H14BrClO2. The molecule has 0 saturated heterocycles. The number of hydrogen-bond donors (Lipinski definition) is 0. The molecule has 4 heteroatoms. The first-order valence-corrected chi connectivity index (χ1v) is 7.95. The summed E-state index contributed by atoms with van der Waals surface area (Å²) in [7, 11) is 0. The Labute approximate surface area is 137 Å². The van der Waals surface area contributed by atoms with E-state index in [1.807, 2.05) is 37.3 Å². The van der Waals surface area contributed by atoms with Crippen molar-refractivity contribution >= 4 is 33.3 Å². The van der Waals surface area contributed by atoms with Gasteiger partial charge in [0.2, 0.25) is 0 Å². The molecule has 0 N–H and O–H groups in total. The Bertz CT molecular complexity index is 725. The van der Waals surface area contributed by atoms with Gasteiger partial charge in [0.1, 0.15) is 5.75 Å². The Hall–Kier alpha value is -1.32. The van der Waals surface area contributed by atoms with Crippen LogP contribution in [-0.2, 0) is 12.8 Å². The number of carbonyl (C=O) groups excluding carboxylic acids is 1. The van der Waals surface area contributed by atoms with E-state index in [1.165, 1.54) is 0 Å². The van der Waals surface area contributed by atoms with Crippen LogP contribution in [0.25, 0.3) is 0 Å². The van der Waals surface area contributed by atoms with Crippen LogP contribution in [0.3, 0.4) is 0 Å². The van der Waals surface area contributed by atoms with E-state index in [0.29, 0.717) is 23.6 Å². The highest BCUT2D eigenvalue weighted by atomic mass is 79.9. The number of ketones is 1. The first-order chi connectivity index (χ1) is 10.0. The van der Waals surface area contributed by atoms with E-state index in [9.17, 15) is 4.79 Å². The van der Waals surface area contributed by atoms with Gasteiger partial charge in [-0.15, -0.1) is 0 Å². The number of carbonyl (C=O) groups is 1. The fraction of sp³-hybridized carbons (Fsp3) is 0.235. The van der Waals surface area contributed by atoms with Crippen LogP contribution < -0.4 is 4.74 Å². The molecule has 108 valence electrons. The molecule has 0 radical (unpaired) electrons. The number of aryl methyl sites for hydroxylation is 1. The first-order valence-electron chi connectivity index (χ1n) is 6.78. The molecule has 2 nitrogen and oxygen atoms in total. The van der Waals surface area contributed by atoms with Gasteiger partial charge in [-0.3, -0.25) is 4.79 Å². The van der Waals surface area contributed by atoms with Gasteiger partial charge in [0, 0.05) is 33.5 Å². The second-order valence-electron chi connectivity index (χ2n) is 5.22. The lowest BCUT2D eigenvalue weighted by molar-refractivity contribution is 0.0992. The maximum Gasteiger partial charge on any atom is 0.167 e. The minimum absolute atomic E-state index is 0.0746. The zero-order chi connectivity index (χ0) is 15.0. The lowest BCUT2D eigenvalue weighted by Crippen LogP contribution is -2.05. The molecule has 0 unspecified atom stereocenters. The van der Waals surface area contributed by atoms with E-state index in [-0.39, 0.29) is 5.78 Å². The summed E-state index contributed by atoms with van der Waals surface area (Å²) in [6.45, 7) is 2.63. The molecule has 0 fully saturated rings. The highest BCUT2D eigenvalue weighted by Crippen LogP contribution is 2.33. The summed E-state index contributed by atoms with van der Waals surface area (Å²) < 4.78 is 6.65. The quantitative estimate of drug-likeness (QED) is 0.732. The molecule has 2 aromatic carbocycles. The van der Waals surface area contributed by atoms with Crippen molar-refractivity contribution in [2.45, 2.75) is 19.8 Å². The lowest BCUT2D eigenvalue weighted by Gasteiger charge is -2.09. The second-order valence-corrected chi connectivity index (χ2v) is 6.51. The summed E-state index contributed by atoms with van der Waals surface area (Å²) in [5.41, 5.74) is 3.73. The smallest absolute Gasteiger partial charge is 0.167 e. The topological polar surface area (TPSA) is 26.3 Å². The van der Waals surface area contributed by atoms with Gasteiger partial charge in [0.15, 0.2) is 5.78 Å². The minimum Gasteiger partial charge on any atom is -0.493 e. The zero-order valence-corrected chi connectivity index (χ0v) is 13.9. The molecule has 3 rings (SSSR count). The average Bonchev–Trinajstić information content (AvgIpc) is 2.90. The molecule has 0 atom stereocenters. The number of hydrogen-bond acceptors (Lipinski definition) is 2. The van der Waals surface area contributed by atoms with Gasteiger partial charge >= 0.3 is 0 Å². The largest absolute Gasteiger partial charge is 0.493 e. The van der Waals surface area contributed by atoms with Crippen LogP contribution in [0.1, 0.15) is 27.0 Å². The second kappa shape index (κ2) is 5.82. The van der Waals surface area contributed by atoms with Gasteiger partial charge in [-0.2, -0.15) is 0 Å². The normalized spacial score (nSPS) is 12.9. The third-order valence-corrected chi connectivity index (χ3v) is 4.76. The fourth-order valence-electron chi connectivity index (χ4n) is 2.57. The van der Waals surface area contributed by atoms with Crippen LogP contribution in [-0.4, -0.2) is 12.4 Å². The van der Waals surface area contributed by atoms with E-state index in [0.717, 1.165) is 33.3 Å². The predicted octanol–water partition coefficient (Wildman–Crippen LogP) is 4.77. The van der Waals surface area contributed by atoms with Crippen LogP contribution in [0.2, 0.25) is 5.02 Å². The Balaban J connectivity index is 1.90. The molecule has 0 spiro atoms. The maximum absolute atomic E-state index is 12.5. The van der Waals surface area contributed by atoms with Crippen molar-refractivity contribution in [3.63, 3.8) is 0 Å². The van der Waals surface area contributed by atoms with Gasteiger partial charge in [0.05, 0.1) is 6.61 Å². The molecule has 0 amide bonds. The van der Waals surface area contributed by atoms with Crippen molar-refractivity contribution in [3.05, 3.63) is 62.1 Å². The maximum atomic E-state index is 12.5. The molecule has 2 aromatic rings. The van der Waals surface area contributed by atoms with E-state index in [1.54, 1.807) is 0 Å². The number of halogens is 2. The summed E-state index contributed by atoms with van der Waals surface area (Å²) in [6.07, 6.45) is 1.17. The highest BCUT2D eigenvalue weighted by Gasteiger charge is 2.20. The van der Waals surface area contributed by atoms with Gasteiger partial charge < -0.3 is 4.74 Å². The average molecular weight is 366 g/mol. The van der Waals surface area contributed by atoms with Crippen LogP contribution >= 0.6 is 27.5 Å². The molecule has 0 aliphatic carbocycles. The van der Waals surface area contributed by atoms with Gasteiger partial charge in [-0.25, -0.2) is 0 Å². The van der Waals surface area contributed by atoms with Crippen LogP contribution in [0.15, 0.2) is 34.8 Å². The Morgan fingerprint density at radius 1 is 1.33 bits per heavy atom. The summed E-state index contributed by atoms with van der Waals surface area (Å²) in [4.78, 5) is 12.5. The van der Waals surface area contributed by atoms with Crippen molar-refractivity contribution in [1.82, 2.24) is 0 Å². The van der Waals surface area contributed by atoms with Crippen LogP contribution in [0, 0.1) is 6.92 Å². The Kier molecular flexibility index (Phi) is 4.05. The fourth-order valence-corrected chi connectivity index (χ4v) is 3.08. The van der Waals surface area contributed by atoms with Gasteiger partial charge in [-0.1, -0.05) is 33.6 Å². The standard InChI is InChI=1S/C17H14BrClO2/c1-10-6-11(2-3-15(10)18)16(20)9-13-8-14(19)7-12-4-5-21-17(12)13/h2-3,6-8H,4-5,9H2,1H3. The number of fused-ring (bicyclic) bond motifs is 1. The Morgan fingerprint density at radius 2 is 2.14 bits per heavy atom. The number of benzene rings is 2. The minimum atomic E-state index is 0.0746. The molecule has 0 bridgehead atoms. The van der Waals surface area contributed by atoms with E-state index in [4.69, 9.17) is 16.3 Å². The van der Waals surface area contributed by atoms with Crippen LogP contribution in [0.5, 0.6) is 5.75 Å². The van der Waals surface area contributed by atoms with Gasteiger partial charge in [-0.05, 0) is 42.3 Å². The molecule has 0 aromatic heterocycles. The molecule has 21 heavy (non-hydrogen) atoms. The van der Waals surface area contributed by atoms with E-state index >= 15 is 0 Å². The Morgan fingerprint density at radius 3 is 2.90 bits per heavy atom. The van der Waals surface area contributed by atoms with E-state index < -0.39 is 0 Å². The summed E-state index contributed by atoms with van der Waals surface area (Å²) in [5, 5.41) is 0.661. The molecule has 0 saturated carbocycles. The third kappa shape index (κ3) is 2.99. The van der Waals surface area contributed by atoms with Crippen LogP contribution in [0.4, 0.5) is 0 Å². The molecule has 1 heterocycles. The van der Waals surface area contributed by atoms with Crippen molar-refractivity contribution in [1.29, 1.82) is 0 Å². The number of ether oxygens (including phenoxy) is 1.